The van der Waals surface area contributed by atoms with Gasteiger partial charge in [0.1, 0.15) is 5.75 Å². The normalized spacial score (nSPS) is 23.6. The van der Waals surface area contributed by atoms with Crippen molar-refractivity contribution in [2.24, 2.45) is 0 Å². The van der Waals surface area contributed by atoms with Crippen molar-refractivity contribution >= 4 is 27.2 Å². The Bertz CT molecular complexity index is 998. The number of urea groups is 1. The van der Waals surface area contributed by atoms with E-state index in [1.807, 2.05) is 44.2 Å². The van der Waals surface area contributed by atoms with Gasteiger partial charge < -0.3 is 4.74 Å². The van der Waals surface area contributed by atoms with Gasteiger partial charge in [0.15, 0.2) is 9.84 Å². The Morgan fingerprint density at radius 3 is 2.19 bits per heavy atom. The van der Waals surface area contributed by atoms with Crippen LogP contribution in [-0.4, -0.2) is 45.1 Å². The van der Waals surface area contributed by atoms with Gasteiger partial charge in [0.05, 0.1) is 36.4 Å². The van der Waals surface area contributed by atoms with E-state index in [0.29, 0.717) is 11.4 Å². The zero-order valence-corrected chi connectivity index (χ0v) is 16.4. The van der Waals surface area contributed by atoms with Crippen molar-refractivity contribution in [2.75, 3.05) is 28.4 Å². The van der Waals surface area contributed by atoms with Gasteiger partial charge in [0.25, 0.3) is 0 Å². The molecule has 2 heterocycles. The Kier molecular flexibility index (Phi) is 4.14. The first-order valence-corrected chi connectivity index (χ1v) is 10.7. The minimum Gasteiger partial charge on any atom is -0.495 e. The number of amides is 2. The lowest BCUT2D eigenvalue weighted by atomic mass is 10.1. The van der Waals surface area contributed by atoms with E-state index in [1.165, 1.54) is 0 Å². The summed E-state index contributed by atoms with van der Waals surface area (Å²) in [6.07, 6.45) is 0. The van der Waals surface area contributed by atoms with Crippen molar-refractivity contribution in [1.29, 1.82) is 0 Å². The van der Waals surface area contributed by atoms with Crippen molar-refractivity contribution < 1.29 is 17.9 Å². The number of para-hydroxylation sites is 2. The Labute approximate surface area is 159 Å². The zero-order chi connectivity index (χ0) is 19.3. The molecule has 2 aromatic rings. The van der Waals surface area contributed by atoms with Crippen LogP contribution < -0.4 is 14.5 Å². The van der Waals surface area contributed by atoms with Crippen LogP contribution in [0.5, 0.6) is 5.75 Å². The van der Waals surface area contributed by atoms with Gasteiger partial charge in [0.2, 0.25) is 0 Å². The highest BCUT2D eigenvalue weighted by Gasteiger charge is 2.55. The average Bonchev–Trinajstić information content (AvgIpc) is 3.02. The van der Waals surface area contributed by atoms with Gasteiger partial charge in [-0.05, 0) is 49.2 Å². The molecule has 27 heavy (non-hydrogen) atoms. The molecule has 2 fully saturated rings. The number of hydrogen-bond acceptors (Lipinski definition) is 4. The van der Waals surface area contributed by atoms with E-state index in [9.17, 15) is 13.2 Å². The first-order valence-electron chi connectivity index (χ1n) is 8.85. The van der Waals surface area contributed by atoms with Crippen molar-refractivity contribution in [2.45, 2.75) is 25.9 Å². The molecular weight excluding hydrogens is 364 g/mol. The van der Waals surface area contributed by atoms with Crippen molar-refractivity contribution in [3.63, 3.8) is 0 Å². The van der Waals surface area contributed by atoms with E-state index in [2.05, 4.69) is 0 Å². The SMILES string of the molecule is COc1ccccc1N1C(=O)N(c2cc(C)cc(C)c2)[C@@H]2CS(=O)(=O)C[C@H]21. The number of ether oxygens (including phenoxy) is 1. The molecule has 0 aliphatic carbocycles. The summed E-state index contributed by atoms with van der Waals surface area (Å²) in [6.45, 7) is 3.94. The number of hydrogen-bond donors (Lipinski definition) is 0. The standard InChI is InChI=1S/C20H22N2O4S/c1-13-8-14(2)10-15(9-13)21-17-11-27(24,25)12-18(17)22(20(21)23)16-6-4-5-7-19(16)26-3/h4-10,17-18H,11-12H2,1-3H3/t17-,18-/m1/s1. The second-order valence-corrected chi connectivity index (χ2v) is 9.41. The fourth-order valence-electron chi connectivity index (χ4n) is 4.21. The van der Waals surface area contributed by atoms with E-state index in [0.717, 1.165) is 16.8 Å². The van der Waals surface area contributed by atoms with Crippen molar-refractivity contribution in [3.05, 3.63) is 53.6 Å². The smallest absolute Gasteiger partial charge is 0.329 e. The van der Waals surface area contributed by atoms with E-state index in [1.54, 1.807) is 29.0 Å². The molecule has 2 saturated heterocycles. The van der Waals surface area contributed by atoms with Crippen molar-refractivity contribution in [3.8, 4) is 5.75 Å². The first kappa shape index (κ1) is 17.9. The molecule has 2 aliphatic heterocycles. The minimum absolute atomic E-state index is 0.0257. The molecule has 0 unspecified atom stereocenters. The molecular formula is C20H22N2O4S. The lowest BCUT2D eigenvalue weighted by molar-refractivity contribution is 0.255. The first-order chi connectivity index (χ1) is 12.8. The van der Waals surface area contributed by atoms with Gasteiger partial charge in [-0.1, -0.05) is 18.2 Å². The van der Waals surface area contributed by atoms with Crippen LogP contribution in [-0.2, 0) is 9.84 Å². The summed E-state index contributed by atoms with van der Waals surface area (Å²) in [5, 5.41) is 0. The number of anilines is 2. The highest BCUT2D eigenvalue weighted by atomic mass is 32.2. The largest absolute Gasteiger partial charge is 0.495 e. The second-order valence-electron chi connectivity index (χ2n) is 7.25. The molecule has 2 atom stereocenters. The third kappa shape index (κ3) is 2.96. The third-order valence-corrected chi connectivity index (χ3v) is 6.90. The van der Waals surface area contributed by atoms with Crippen LogP contribution in [0.2, 0.25) is 0 Å². The van der Waals surface area contributed by atoms with Crippen LogP contribution in [0.4, 0.5) is 16.2 Å². The highest BCUT2D eigenvalue weighted by molar-refractivity contribution is 7.91. The van der Waals surface area contributed by atoms with Crippen LogP contribution in [0.3, 0.4) is 0 Å². The minimum atomic E-state index is -3.23. The summed E-state index contributed by atoms with van der Waals surface area (Å²) in [5.74, 6) is 0.487. The van der Waals surface area contributed by atoms with Gasteiger partial charge in [-0.25, -0.2) is 13.2 Å². The third-order valence-electron chi connectivity index (χ3n) is 5.20. The van der Waals surface area contributed by atoms with Crippen LogP contribution in [0.1, 0.15) is 11.1 Å². The second kappa shape index (κ2) is 6.27. The number of benzene rings is 2. The number of methoxy groups -OCH3 is 1. The summed E-state index contributed by atoms with van der Waals surface area (Å²) in [5.41, 5.74) is 3.41. The maximum Gasteiger partial charge on any atom is 0.329 e. The van der Waals surface area contributed by atoms with E-state index in [4.69, 9.17) is 4.74 Å². The Hall–Kier alpha value is -2.54. The molecule has 0 spiro atoms. The quantitative estimate of drug-likeness (QED) is 0.761. The Morgan fingerprint density at radius 2 is 1.56 bits per heavy atom. The van der Waals surface area contributed by atoms with Gasteiger partial charge >= 0.3 is 6.03 Å². The summed E-state index contributed by atoms with van der Waals surface area (Å²) in [7, 11) is -1.68. The highest BCUT2D eigenvalue weighted by Crippen LogP contribution is 2.41. The number of carbonyl (C=O) groups excluding carboxylic acids is 1. The molecule has 2 aliphatic rings. The Morgan fingerprint density at radius 1 is 0.963 bits per heavy atom. The number of nitrogens with zero attached hydrogens (tertiary/aromatic N) is 2. The molecule has 6 nitrogen and oxygen atoms in total. The molecule has 0 radical (unpaired) electrons. The number of sulfone groups is 1. The molecule has 2 aromatic carbocycles. The average molecular weight is 386 g/mol. The summed E-state index contributed by atoms with van der Waals surface area (Å²) < 4.78 is 30.2. The lowest BCUT2D eigenvalue weighted by Crippen LogP contribution is -2.38. The monoisotopic (exact) mass is 386 g/mol. The summed E-state index contributed by atoms with van der Waals surface area (Å²) in [4.78, 5) is 16.7. The zero-order valence-electron chi connectivity index (χ0n) is 15.5. The van der Waals surface area contributed by atoms with E-state index < -0.39 is 21.9 Å². The predicted octanol–water partition coefficient (Wildman–Crippen LogP) is 2.92. The maximum absolute atomic E-state index is 13.4. The number of fused-ring (bicyclic) bond motifs is 1. The van der Waals surface area contributed by atoms with E-state index in [-0.39, 0.29) is 17.5 Å². The Balaban J connectivity index is 1.86. The molecule has 142 valence electrons. The van der Waals surface area contributed by atoms with E-state index >= 15 is 0 Å². The van der Waals surface area contributed by atoms with Gasteiger partial charge in [-0.3, -0.25) is 9.80 Å². The molecule has 2 amide bonds. The van der Waals surface area contributed by atoms with Gasteiger partial charge in [0, 0.05) is 5.69 Å². The van der Waals surface area contributed by atoms with Crippen LogP contribution in [0.15, 0.2) is 42.5 Å². The van der Waals surface area contributed by atoms with Crippen LogP contribution in [0, 0.1) is 13.8 Å². The van der Waals surface area contributed by atoms with Crippen LogP contribution >= 0.6 is 0 Å². The predicted molar refractivity (Wildman–Crippen MR) is 105 cm³/mol. The number of rotatable bonds is 3. The van der Waals surface area contributed by atoms with Crippen molar-refractivity contribution in [1.82, 2.24) is 0 Å². The maximum atomic E-state index is 13.4. The molecule has 0 N–H and O–H groups in total. The summed E-state index contributed by atoms with van der Waals surface area (Å²) >= 11 is 0. The molecule has 4 rings (SSSR count). The fourth-order valence-corrected chi connectivity index (χ4v) is 6.12. The molecule has 0 bridgehead atoms. The van der Waals surface area contributed by atoms with Gasteiger partial charge in [-0.2, -0.15) is 0 Å². The number of aryl methyl sites for hydroxylation is 2. The molecule has 0 aromatic heterocycles. The number of carbonyl (C=O) groups is 1. The lowest BCUT2D eigenvalue weighted by Gasteiger charge is -2.24. The summed E-state index contributed by atoms with van der Waals surface area (Å²) in [6, 6.07) is 12.1. The van der Waals surface area contributed by atoms with Gasteiger partial charge in [-0.15, -0.1) is 0 Å². The molecule has 7 heteroatoms. The fraction of sp³-hybridized carbons (Fsp3) is 0.350. The van der Waals surface area contributed by atoms with Crippen LogP contribution in [0.25, 0.3) is 0 Å². The topological polar surface area (TPSA) is 66.9 Å². The molecule has 0 saturated carbocycles.